The van der Waals surface area contributed by atoms with Gasteiger partial charge in [-0.15, -0.1) is 0 Å². The molecule has 0 bridgehead atoms. The summed E-state index contributed by atoms with van der Waals surface area (Å²) < 4.78 is 21.6. The summed E-state index contributed by atoms with van der Waals surface area (Å²) in [5.41, 5.74) is 7.06. The maximum Gasteiger partial charge on any atom is 0.341 e. The normalized spacial score (nSPS) is 16.6. The fourth-order valence-corrected chi connectivity index (χ4v) is 5.16. The molecule has 0 aliphatic carbocycles. The van der Waals surface area contributed by atoms with E-state index in [4.69, 9.17) is 10.5 Å². The van der Waals surface area contributed by atoms with Gasteiger partial charge >= 0.3 is 11.9 Å². The predicted molar refractivity (Wildman–Crippen MR) is 131 cm³/mol. The van der Waals surface area contributed by atoms with E-state index >= 15 is 0 Å². The highest BCUT2D eigenvalue weighted by Crippen LogP contribution is 2.37. The second-order valence-corrected chi connectivity index (χ2v) is 9.32. The summed E-state index contributed by atoms with van der Waals surface area (Å²) in [6, 6.07) is 0.709. The highest BCUT2D eigenvalue weighted by atomic mass is 19.1. The first-order chi connectivity index (χ1) is 17.2. The Bertz CT molecular complexity index is 1250. The third-order valence-electron chi connectivity index (χ3n) is 6.85. The number of benzene rings is 1. The van der Waals surface area contributed by atoms with E-state index in [-0.39, 0.29) is 35.9 Å². The van der Waals surface area contributed by atoms with Crippen LogP contribution in [0.5, 0.6) is 0 Å². The number of hydrogen-bond donors (Lipinski definition) is 3. The van der Waals surface area contributed by atoms with Crippen LogP contribution < -0.4 is 21.4 Å². The largest absolute Gasteiger partial charge is 0.477 e. The summed E-state index contributed by atoms with van der Waals surface area (Å²) in [6.07, 6.45) is 3.64. The number of aromatic nitrogens is 1. The Balaban J connectivity index is 1.55. The van der Waals surface area contributed by atoms with Gasteiger partial charge in [0.25, 0.3) is 0 Å². The van der Waals surface area contributed by atoms with Crippen molar-refractivity contribution in [3.63, 3.8) is 0 Å². The number of ether oxygens (including phenoxy) is 1. The van der Waals surface area contributed by atoms with Crippen LogP contribution in [0.4, 0.5) is 10.1 Å². The number of piperidine rings is 1. The first-order valence-electron chi connectivity index (χ1n) is 12.2. The number of carbonyl (C=O) groups is 3. The van der Waals surface area contributed by atoms with E-state index in [1.54, 1.807) is 11.5 Å². The summed E-state index contributed by atoms with van der Waals surface area (Å²) >= 11 is 0. The van der Waals surface area contributed by atoms with E-state index in [9.17, 15) is 28.7 Å². The van der Waals surface area contributed by atoms with Crippen LogP contribution in [0.15, 0.2) is 17.1 Å². The van der Waals surface area contributed by atoms with Gasteiger partial charge in [0.1, 0.15) is 24.4 Å². The standard InChI is InChI=1S/C25H31FN4O6/c1-14(28-20(31)4-7-27)25(35)36-16-5-9-29(10-6-16)21-15(12-26)11-18-22-17(21)3-2-8-30(22)13-19(23(18)32)24(33)34/h11,13-14,16H,2-10,12,27H2,1H3,(H,28,31)(H,33,34)/t14-/m1/s1. The van der Waals surface area contributed by atoms with E-state index in [2.05, 4.69) is 10.2 Å². The molecule has 4 N–H and O–H groups in total. The number of carboxylic acid groups (broad SMARTS) is 1. The molecule has 1 aromatic carbocycles. The smallest absolute Gasteiger partial charge is 0.341 e. The number of amides is 1. The summed E-state index contributed by atoms with van der Waals surface area (Å²) in [4.78, 5) is 50.6. The molecule has 194 valence electrons. The Hall–Kier alpha value is -3.47. The molecule has 0 spiro atoms. The molecule has 2 aliphatic rings. The van der Waals surface area contributed by atoms with Crippen molar-refractivity contribution >= 4 is 34.4 Å². The molecule has 1 fully saturated rings. The Morgan fingerprint density at radius 2 is 2.00 bits per heavy atom. The van der Waals surface area contributed by atoms with E-state index in [1.807, 2.05) is 0 Å². The maximum absolute atomic E-state index is 14.2. The van der Waals surface area contributed by atoms with Crippen LogP contribution >= 0.6 is 0 Å². The Morgan fingerprint density at radius 1 is 1.28 bits per heavy atom. The molecule has 1 aromatic heterocycles. The molecule has 2 aromatic rings. The molecular formula is C25H31FN4O6. The number of esters is 1. The highest BCUT2D eigenvalue weighted by molar-refractivity contribution is 5.96. The van der Waals surface area contributed by atoms with E-state index in [1.165, 1.54) is 12.3 Å². The number of alkyl halides is 1. The number of halogens is 1. The molecule has 10 nitrogen and oxygen atoms in total. The molecule has 11 heteroatoms. The van der Waals surface area contributed by atoms with Crippen molar-refractivity contribution in [1.29, 1.82) is 0 Å². The lowest BCUT2D eigenvalue weighted by Crippen LogP contribution is -2.44. The molecule has 36 heavy (non-hydrogen) atoms. The number of aromatic carboxylic acids is 1. The van der Waals surface area contributed by atoms with Crippen molar-refractivity contribution in [3.8, 4) is 0 Å². The lowest BCUT2D eigenvalue weighted by molar-refractivity contribution is -0.153. The Labute approximate surface area is 207 Å². The number of carbonyl (C=O) groups excluding carboxylic acids is 2. The second-order valence-electron chi connectivity index (χ2n) is 9.32. The van der Waals surface area contributed by atoms with Crippen molar-refractivity contribution in [2.45, 2.75) is 64.4 Å². The fourth-order valence-electron chi connectivity index (χ4n) is 5.16. The Kier molecular flexibility index (Phi) is 7.58. The number of rotatable bonds is 8. The molecule has 1 amide bonds. The summed E-state index contributed by atoms with van der Waals surface area (Å²) in [7, 11) is 0. The SMILES string of the molecule is C[C@@H](NC(=O)CCN)C(=O)OC1CCN(c2c(CF)cc3c(=O)c(C(=O)O)cn4c3c2CCC4)CC1. The van der Waals surface area contributed by atoms with E-state index in [0.717, 1.165) is 17.7 Å². The van der Waals surface area contributed by atoms with Gasteiger partial charge in [-0.05, 0) is 25.8 Å². The summed E-state index contributed by atoms with van der Waals surface area (Å²) in [5, 5.41) is 12.2. The Morgan fingerprint density at radius 3 is 2.64 bits per heavy atom. The zero-order valence-electron chi connectivity index (χ0n) is 20.2. The molecule has 1 saturated heterocycles. The number of hydrogen-bond acceptors (Lipinski definition) is 7. The number of nitrogens with two attached hydrogens (primary N) is 1. The quantitative estimate of drug-likeness (QED) is 0.461. The number of pyridine rings is 1. The molecule has 2 aliphatic heterocycles. The van der Waals surface area contributed by atoms with Gasteiger partial charge in [-0.2, -0.15) is 0 Å². The third kappa shape index (κ3) is 4.92. The molecule has 0 radical (unpaired) electrons. The monoisotopic (exact) mass is 502 g/mol. The molecule has 1 atom stereocenters. The zero-order chi connectivity index (χ0) is 26.0. The summed E-state index contributed by atoms with van der Waals surface area (Å²) in [6.45, 7) is 2.60. The van der Waals surface area contributed by atoms with Gasteiger partial charge in [0.05, 0.1) is 5.52 Å². The third-order valence-corrected chi connectivity index (χ3v) is 6.85. The van der Waals surface area contributed by atoms with Gasteiger partial charge in [0.15, 0.2) is 0 Å². The number of nitrogens with one attached hydrogen (secondary N) is 1. The number of nitrogens with zero attached hydrogens (tertiary/aromatic N) is 2. The van der Waals surface area contributed by atoms with E-state index in [0.29, 0.717) is 50.0 Å². The van der Waals surface area contributed by atoms with Crippen molar-refractivity contribution < 1.29 is 28.6 Å². The molecule has 3 heterocycles. The average molecular weight is 503 g/mol. The van der Waals surface area contributed by atoms with Gasteiger partial charge < -0.3 is 30.4 Å². The minimum absolute atomic E-state index is 0.131. The number of anilines is 1. The minimum Gasteiger partial charge on any atom is -0.477 e. The first-order valence-corrected chi connectivity index (χ1v) is 12.2. The topological polar surface area (TPSA) is 144 Å². The number of carboxylic acids is 1. The molecule has 0 saturated carbocycles. The fraction of sp³-hybridized carbons (Fsp3) is 0.520. The molecule has 0 unspecified atom stereocenters. The highest BCUT2D eigenvalue weighted by Gasteiger charge is 2.30. The van der Waals surface area contributed by atoms with Gasteiger partial charge in [-0.25, -0.2) is 14.0 Å². The van der Waals surface area contributed by atoms with Crippen LogP contribution in [0.25, 0.3) is 10.9 Å². The van der Waals surface area contributed by atoms with Crippen LogP contribution in [0.1, 0.15) is 54.1 Å². The maximum atomic E-state index is 14.2. The number of aryl methyl sites for hydroxylation is 2. The van der Waals surface area contributed by atoms with Crippen LogP contribution in [-0.2, 0) is 34.0 Å². The lowest BCUT2D eigenvalue weighted by atomic mass is 9.93. The summed E-state index contributed by atoms with van der Waals surface area (Å²) in [5.74, 6) is -2.12. The molecule has 4 rings (SSSR count). The first kappa shape index (κ1) is 25.6. The van der Waals surface area contributed by atoms with Crippen LogP contribution in [0, 0.1) is 0 Å². The average Bonchev–Trinajstić information content (AvgIpc) is 2.86. The van der Waals surface area contributed by atoms with Crippen LogP contribution in [0.3, 0.4) is 0 Å². The van der Waals surface area contributed by atoms with Crippen molar-refractivity contribution in [1.82, 2.24) is 9.88 Å². The van der Waals surface area contributed by atoms with Gasteiger partial charge in [-0.1, -0.05) is 0 Å². The molecular weight excluding hydrogens is 471 g/mol. The van der Waals surface area contributed by atoms with Gasteiger partial charge in [-0.3, -0.25) is 9.59 Å². The van der Waals surface area contributed by atoms with Crippen molar-refractivity contribution in [3.05, 3.63) is 39.2 Å². The predicted octanol–water partition coefficient (Wildman–Crippen LogP) is 1.48. The van der Waals surface area contributed by atoms with Crippen LogP contribution in [-0.4, -0.2) is 59.3 Å². The van der Waals surface area contributed by atoms with Crippen molar-refractivity contribution in [2.75, 3.05) is 24.5 Å². The second kappa shape index (κ2) is 10.7. The van der Waals surface area contributed by atoms with Gasteiger partial charge in [0, 0.05) is 73.8 Å². The minimum atomic E-state index is -1.30. The van der Waals surface area contributed by atoms with Crippen molar-refractivity contribution in [2.24, 2.45) is 5.73 Å². The van der Waals surface area contributed by atoms with Gasteiger partial charge in [0.2, 0.25) is 11.3 Å². The van der Waals surface area contributed by atoms with E-state index < -0.39 is 30.1 Å². The zero-order valence-corrected chi connectivity index (χ0v) is 20.2. The van der Waals surface area contributed by atoms with Crippen LogP contribution in [0.2, 0.25) is 0 Å². The lowest BCUT2D eigenvalue weighted by Gasteiger charge is -2.37.